The molecule has 1 heterocycles. The third kappa shape index (κ3) is 4.31. The highest BCUT2D eigenvalue weighted by atomic mass is 79.9. The van der Waals surface area contributed by atoms with Crippen LogP contribution in [0, 0.1) is 12.8 Å². The second-order valence-corrected chi connectivity index (χ2v) is 5.06. The molecule has 0 atom stereocenters. The Bertz CT molecular complexity index is 377. The molecule has 1 N–H and O–H groups in total. The summed E-state index contributed by atoms with van der Waals surface area (Å²) in [6, 6.07) is 1.91. The highest BCUT2D eigenvalue weighted by molar-refractivity contribution is 9.10. The maximum atomic E-state index is 11.6. The van der Waals surface area contributed by atoms with Crippen molar-refractivity contribution in [3.05, 3.63) is 22.4 Å². The van der Waals surface area contributed by atoms with Crippen LogP contribution in [0.4, 0.5) is 5.69 Å². The van der Waals surface area contributed by atoms with Crippen LogP contribution in [0.2, 0.25) is 0 Å². The van der Waals surface area contributed by atoms with Gasteiger partial charge in [0, 0.05) is 6.42 Å². The average Bonchev–Trinajstić information content (AvgIpc) is 2.21. The van der Waals surface area contributed by atoms with Crippen LogP contribution >= 0.6 is 15.9 Å². The fraction of sp³-hybridized carbons (Fsp3) is 0.500. The highest BCUT2D eigenvalue weighted by Gasteiger charge is 2.05. The van der Waals surface area contributed by atoms with Gasteiger partial charge in [-0.2, -0.15) is 0 Å². The molecule has 1 aromatic rings. The summed E-state index contributed by atoms with van der Waals surface area (Å²) in [6.45, 7) is 6.16. The molecule has 0 bridgehead atoms. The average molecular weight is 285 g/mol. The molecule has 0 saturated heterocycles. The second-order valence-electron chi connectivity index (χ2n) is 4.31. The van der Waals surface area contributed by atoms with Crippen molar-refractivity contribution in [2.24, 2.45) is 5.92 Å². The molecule has 1 rings (SSSR count). The van der Waals surface area contributed by atoms with E-state index in [1.165, 1.54) is 0 Å². The number of amides is 1. The van der Waals surface area contributed by atoms with E-state index < -0.39 is 0 Å². The molecule has 0 aliphatic carbocycles. The summed E-state index contributed by atoms with van der Waals surface area (Å²) in [4.78, 5) is 15.7. The van der Waals surface area contributed by atoms with Crippen LogP contribution in [0.3, 0.4) is 0 Å². The quantitative estimate of drug-likeness (QED) is 0.860. The van der Waals surface area contributed by atoms with Crippen LogP contribution in [-0.4, -0.2) is 10.9 Å². The summed E-state index contributed by atoms with van der Waals surface area (Å²) < 4.78 is 0.813. The normalized spacial score (nSPS) is 10.6. The van der Waals surface area contributed by atoms with E-state index in [1.54, 1.807) is 6.20 Å². The number of aromatic nitrogens is 1. The topological polar surface area (TPSA) is 42.0 Å². The lowest BCUT2D eigenvalue weighted by Gasteiger charge is -2.07. The lowest BCUT2D eigenvalue weighted by Crippen LogP contribution is -2.12. The largest absolute Gasteiger partial charge is 0.325 e. The predicted molar refractivity (Wildman–Crippen MR) is 69.4 cm³/mol. The molecular weight excluding hydrogens is 268 g/mol. The Kier molecular flexibility index (Phi) is 4.93. The monoisotopic (exact) mass is 284 g/mol. The number of anilines is 1. The van der Waals surface area contributed by atoms with Crippen molar-refractivity contribution in [3.8, 4) is 0 Å². The van der Waals surface area contributed by atoms with Gasteiger partial charge in [0.15, 0.2) is 0 Å². The Morgan fingerprint density at radius 2 is 2.25 bits per heavy atom. The summed E-state index contributed by atoms with van der Waals surface area (Å²) in [5.74, 6) is 0.604. The van der Waals surface area contributed by atoms with Gasteiger partial charge in [0.25, 0.3) is 0 Å². The zero-order chi connectivity index (χ0) is 12.1. The molecule has 1 amide bonds. The van der Waals surface area contributed by atoms with Gasteiger partial charge in [-0.1, -0.05) is 13.8 Å². The number of nitrogens with one attached hydrogen (secondary N) is 1. The second kappa shape index (κ2) is 5.99. The van der Waals surface area contributed by atoms with Crippen molar-refractivity contribution < 1.29 is 4.79 Å². The van der Waals surface area contributed by atoms with Crippen LogP contribution in [-0.2, 0) is 4.79 Å². The van der Waals surface area contributed by atoms with Crippen molar-refractivity contribution >= 4 is 27.5 Å². The molecule has 0 unspecified atom stereocenters. The first-order chi connectivity index (χ1) is 7.49. The zero-order valence-corrected chi connectivity index (χ0v) is 11.5. The minimum atomic E-state index is 0.0530. The Hall–Kier alpha value is -0.900. The number of nitrogens with zero attached hydrogens (tertiary/aromatic N) is 1. The van der Waals surface area contributed by atoms with Gasteiger partial charge in [-0.25, -0.2) is 4.98 Å². The summed E-state index contributed by atoms with van der Waals surface area (Å²) in [5, 5.41) is 2.84. The fourth-order valence-electron chi connectivity index (χ4n) is 1.27. The first kappa shape index (κ1) is 13.2. The van der Waals surface area contributed by atoms with E-state index in [2.05, 4.69) is 40.1 Å². The first-order valence-corrected chi connectivity index (χ1v) is 6.20. The maximum absolute atomic E-state index is 11.6. The maximum Gasteiger partial charge on any atom is 0.224 e. The van der Waals surface area contributed by atoms with E-state index in [0.29, 0.717) is 12.3 Å². The van der Waals surface area contributed by atoms with Crippen LogP contribution in [0.25, 0.3) is 0 Å². The summed E-state index contributed by atoms with van der Waals surface area (Å²) in [7, 11) is 0. The number of carbonyl (C=O) groups is 1. The fourth-order valence-corrected chi connectivity index (χ4v) is 1.49. The number of hydrogen-bond acceptors (Lipinski definition) is 2. The SMILES string of the molecule is Cc1cc(NC(=O)CCC(C)C)cnc1Br. The Balaban J connectivity index is 2.53. The standard InChI is InChI=1S/C12H17BrN2O/c1-8(2)4-5-11(16)15-10-6-9(3)12(13)14-7-10/h6-8H,4-5H2,1-3H3,(H,15,16). The molecular formula is C12H17BrN2O. The Labute approximate surface area is 105 Å². The highest BCUT2D eigenvalue weighted by Crippen LogP contribution is 2.17. The number of halogens is 1. The molecule has 16 heavy (non-hydrogen) atoms. The molecule has 0 aliphatic rings. The number of pyridine rings is 1. The van der Waals surface area contributed by atoms with Crippen molar-refractivity contribution in [3.63, 3.8) is 0 Å². The van der Waals surface area contributed by atoms with Crippen molar-refractivity contribution in [1.29, 1.82) is 0 Å². The van der Waals surface area contributed by atoms with Gasteiger partial charge >= 0.3 is 0 Å². The molecule has 0 aliphatic heterocycles. The lowest BCUT2D eigenvalue weighted by atomic mass is 10.1. The van der Waals surface area contributed by atoms with Crippen molar-refractivity contribution in [2.75, 3.05) is 5.32 Å². The Morgan fingerprint density at radius 3 is 2.81 bits per heavy atom. The van der Waals surface area contributed by atoms with E-state index >= 15 is 0 Å². The minimum Gasteiger partial charge on any atom is -0.325 e. The van der Waals surface area contributed by atoms with E-state index in [4.69, 9.17) is 0 Å². The first-order valence-electron chi connectivity index (χ1n) is 5.41. The molecule has 0 spiro atoms. The summed E-state index contributed by atoms with van der Waals surface area (Å²) in [6.07, 6.45) is 3.13. The predicted octanol–water partition coefficient (Wildman–Crippen LogP) is 3.53. The van der Waals surface area contributed by atoms with Gasteiger partial charge in [-0.3, -0.25) is 4.79 Å². The number of carbonyl (C=O) groups excluding carboxylic acids is 1. The van der Waals surface area contributed by atoms with Crippen LogP contribution in [0.5, 0.6) is 0 Å². The molecule has 88 valence electrons. The van der Waals surface area contributed by atoms with Crippen LogP contribution in [0.15, 0.2) is 16.9 Å². The van der Waals surface area contributed by atoms with Gasteiger partial charge in [-0.15, -0.1) is 0 Å². The van der Waals surface area contributed by atoms with Crippen molar-refractivity contribution in [2.45, 2.75) is 33.6 Å². The molecule has 0 aromatic carbocycles. The number of aryl methyl sites for hydroxylation is 1. The molecule has 0 radical (unpaired) electrons. The van der Waals surface area contributed by atoms with E-state index in [9.17, 15) is 4.79 Å². The third-order valence-electron chi connectivity index (χ3n) is 2.25. The van der Waals surface area contributed by atoms with Gasteiger partial charge in [0.05, 0.1) is 11.9 Å². The van der Waals surface area contributed by atoms with Gasteiger partial charge in [0.1, 0.15) is 4.60 Å². The third-order valence-corrected chi connectivity index (χ3v) is 3.08. The lowest BCUT2D eigenvalue weighted by molar-refractivity contribution is -0.116. The van der Waals surface area contributed by atoms with E-state index in [1.807, 2.05) is 13.0 Å². The van der Waals surface area contributed by atoms with Crippen molar-refractivity contribution in [1.82, 2.24) is 4.98 Å². The number of rotatable bonds is 4. The van der Waals surface area contributed by atoms with Gasteiger partial charge < -0.3 is 5.32 Å². The number of hydrogen-bond donors (Lipinski definition) is 1. The van der Waals surface area contributed by atoms with Crippen LogP contribution < -0.4 is 5.32 Å². The molecule has 0 fully saturated rings. The van der Waals surface area contributed by atoms with Crippen LogP contribution in [0.1, 0.15) is 32.3 Å². The molecule has 1 aromatic heterocycles. The van der Waals surface area contributed by atoms with E-state index in [-0.39, 0.29) is 5.91 Å². The Morgan fingerprint density at radius 1 is 1.56 bits per heavy atom. The summed E-state index contributed by atoms with van der Waals surface area (Å²) >= 11 is 3.32. The van der Waals surface area contributed by atoms with E-state index in [0.717, 1.165) is 22.3 Å². The zero-order valence-electron chi connectivity index (χ0n) is 9.88. The molecule has 3 nitrogen and oxygen atoms in total. The summed E-state index contributed by atoms with van der Waals surface area (Å²) in [5.41, 5.74) is 1.77. The van der Waals surface area contributed by atoms with Gasteiger partial charge in [0.2, 0.25) is 5.91 Å². The molecule has 4 heteroatoms. The smallest absolute Gasteiger partial charge is 0.224 e. The van der Waals surface area contributed by atoms with Gasteiger partial charge in [-0.05, 0) is 46.8 Å². The molecule has 0 saturated carbocycles. The minimum absolute atomic E-state index is 0.0530.